The molecule has 25 heavy (non-hydrogen) atoms. The molecule has 0 unspecified atom stereocenters. The first-order valence-corrected chi connectivity index (χ1v) is 9.64. The molecule has 9 rings (SSSR count). The minimum atomic E-state index is 0.0641. The second-order valence-corrected chi connectivity index (χ2v) is 9.26. The van der Waals surface area contributed by atoms with Gasteiger partial charge in [-0.2, -0.15) is 5.10 Å². The Labute approximate surface area is 145 Å². The van der Waals surface area contributed by atoms with E-state index in [9.17, 15) is 4.79 Å². The number of rotatable bonds is 1. The third-order valence-electron chi connectivity index (χ3n) is 9.21. The minimum absolute atomic E-state index is 0.0641. The molecule has 6 aliphatic carbocycles. The van der Waals surface area contributed by atoms with Crippen LogP contribution in [0.3, 0.4) is 0 Å². The highest BCUT2D eigenvalue weighted by atomic mass is 16.2. The molecule has 1 aromatic heterocycles. The number of benzene rings is 1. The maximum absolute atomic E-state index is 13.8. The molecule has 1 aromatic carbocycles. The lowest BCUT2D eigenvalue weighted by molar-refractivity contribution is -0.595. The number of carbonyl (C=O) groups is 1. The molecule has 0 radical (unpaired) electrons. The Bertz CT molecular complexity index is 969. The second kappa shape index (κ2) is 3.29. The Hall–Kier alpha value is -2.10. The zero-order valence-corrected chi connectivity index (χ0v) is 14.1. The second-order valence-electron chi connectivity index (χ2n) is 9.26. The average Bonchev–Trinajstić information content (AvgIpc) is 2.90. The molecule has 7 aliphatic rings. The molecule has 0 atom stereocenters. The predicted octanol–water partition coefficient (Wildman–Crippen LogP) is 2.23. The molecule has 6 fully saturated rings. The Morgan fingerprint density at radius 2 is 1.80 bits per heavy atom. The van der Waals surface area contributed by atoms with Crippen LogP contribution in [0.4, 0.5) is 5.69 Å². The number of anilines is 1. The van der Waals surface area contributed by atoms with E-state index >= 15 is 0 Å². The smallest absolute Gasteiger partial charge is 0.234 e. The van der Waals surface area contributed by atoms with Crippen molar-refractivity contribution in [1.82, 2.24) is 9.78 Å². The third kappa shape index (κ3) is 0.905. The number of para-hydroxylation sites is 1. The van der Waals surface area contributed by atoms with Gasteiger partial charge < -0.3 is 4.90 Å². The van der Waals surface area contributed by atoms with Crippen molar-refractivity contribution in [2.45, 2.75) is 13.0 Å². The summed E-state index contributed by atoms with van der Waals surface area (Å²) in [5, 5.41) is 4.46. The van der Waals surface area contributed by atoms with Crippen LogP contribution >= 0.6 is 0 Å². The molecule has 1 amide bonds. The summed E-state index contributed by atoms with van der Waals surface area (Å²) in [5.41, 5.74) is 4.92. The number of amides is 1. The van der Waals surface area contributed by atoms with Crippen molar-refractivity contribution >= 4 is 11.6 Å². The monoisotopic (exact) mass is 329 g/mol. The number of carbonyl (C=O) groups excluding carboxylic acids is 1. The van der Waals surface area contributed by atoms with E-state index < -0.39 is 0 Å². The molecule has 0 bridgehead atoms. The number of fused-ring (bicyclic) bond motifs is 2. The number of aromatic nitrogens is 2. The van der Waals surface area contributed by atoms with Gasteiger partial charge in [0.25, 0.3) is 0 Å². The molecule has 124 valence electrons. The van der Waals surface area contributed by atoms with Gasteiger partial charge in [-0.1, -0.05) is 18.2 Å². The molecule has 2 heterocycles. The van der Waals surface area contributed by atoms with E-state index in [2.05, 4.69) is 34.3 Å². The van der Waals surface area contributed by atoms with Crippen molar-refractivity contribution in [1.29, 1.82) is 0 Å². The lowest BCUT2D eigenvalue weighted by Crippen LogP contribution is -3.07. The Kier molecular flexibility index (Phi) is 1.62. The predicted molar refractivity (Wildman–Crippen MR) is 90.5 cm³/mol. The van der Waals surface area contributed by atoms with E-state index in [0.717, 1.165) is 53.5 Å². The summed E-state index contributed by atoms with van der Waals surface area (Å²) in [6.07, 6.45) is 2.83. The molecular formula is C21H19N3O. The summed E-state index contributed by atoms with van der Waals surface area (Å²) in [5.74, 6) is 6.60. The van der Waals surface area contributed by atoms with Crippen molar-refractivity contribution < 1.29 is 4.79 Å². The Morgan fingerprint density at radius 3 is 2.56 bits per heavy atom. The van der Waals surface area contributed by atoms with Gasteiger partial charge in [0.2, 0.25) is 5.91 Å². The molecule has 6 saturated carbocycles. The molecule has 4 nitrogen and oxygen atoms in total. The maximum atomic E-state index is 13.8. The van der Waals surface area contributed by atoms with Gasteiger partial charge in [-0.25, -0.2) is 0 Å². The van der Waals surface area contributed by atoms with Crippen LogP contribution in [-0.4, -0.2) is 15.7 Å². The van der Waals surface area contributed by atoms with Gasteiger partial charge in [-0.3, -0.25) is 9.48 Å². The average molecular weight is 329 g/mol. The van der Waals surface area contributed by atoms with Gasteiger partial charge in [-0.15, -0.1) is 0 Å². The standard InChI is InChI=1S/C21H19N3O/c1-23-12-6-9-4-2-3-5-11(9)24(8-10(12)7-22-23)20(25)21-17-14-13-15(17)19(21)16(13)18(14)21/h2-5,7,13-19H,6,8H2,1H3. The van der Waals surface area contributed by atoms with Crippen molar-refractivity contribution in [3.05, 3.63) is 47.3 Å². The highest BCUT2D eigenvalue weighted by Gasteiger charge is 3.06. The van der Waals surface area contributed by atoms with Gasteiger partial charge in [0.1, 0.15) is 0 Å². The first-order valence-electron chi connectivity index (χ1n) is 9.64. The Balaban J connectivity index is 1.27. The zero-order chi connectivity index (χ0) is 16.2. The Morgan fingerprint density at radius 1 is 1.08 bits per heavy atom. The normalized spacial score (nSPS) is 47.7. The van der Waals surface area contributed by atoms with Crippen LogP contribution in [0.2, 0.25) is 0 Å². The number of aryl methyl sites for hydroxylation is 1. The van der Waals surface area contributed by atoms with Crippen molar-refractivity contribution in [3.8, 4) is 0 Å². The lowest BCUT2D eigenvalue weighted by Gasteiger charge is -3.06. The minimum Gasteiger partial charge on any atom is -0.307 e. The zero-order valence-electron chi connectivity index (χ0n) is 14.1. The third-order valence-corrected chi connectivity index (χ3v) is 9.21. The molecule has 0 saturated heterocycles. The summed E-state index contributed by atoms with van der Waals surface area (Å²) in [6.45, 7) is 0.691. The van der Waals surface area contributed by atoms with E-state index in [1.807, 2.05) is 17.9 Å². The van der Waals surface area contributed by atoms with Gasteiger partial charge in [0.05, 0.1) is 18.2 Å². The van der Waals surface area contributed by atoms with Crippen LogP contribution in [0, 0.1) is 46.8 Å². The maximum Gasteiger partial charge on any atom is 0.234 e. The summed E-state index contributed by atoms with van der Waals surface area (Å²) < 4.78 is 1.98. The molecule has 0 N–H and O–H groups in total. The van der Waals surface area contributed by atoms with Crippen LogP contribution in [-0.2, 0) is 24.8 Å². The van der Waals surface area contributed by atoms with Gasteiger partial charge in [0.15, 0.2) is 0 Å². The molecule has 4 heteroatoms. The van der Waals surface area contributed by atoms with Crippen LogP contribution in [0.1, 0.15) is 16.8 Å². The largest absolute Gasteiger partial charge is 0.307 e. The fraction of sp³-hybridized carbons (Fsp3) is 0.524. The summed E-state index contributed by atoms with van der Waals surface area (Å²) >= 11 is 0. The first-order chi connectivity index (χ1) is 12.2. The van der Waals surface area contributed by atoms with Gasteiger partial charge in [-0.05, 0) is 53.1 Å². The first kappa shape index (κ1) is 12.3. The highest BCUT2D eigenvalue weighted by molar-refractivity contribution is 6.03. The SMILES string of the molecule is Cn1ncc2c1Cc1ccccc1N(C(=O)C13C4C5C6C4C1C6C53)C2. The van der Waals surface area contributed by atoms with E-state index in [1.54, 1.807) is 0 Å². The lowest BCUT2D eigenvalue weighted by atomic mass is 8.96. The number of nitrogens with zero attached hydrogens (tertiary/aromatic N) is 3. The van der Waals surface area contributed by atoms with Crippen molar-refractivity contribution in [3.63, 3.8) is 0 Å². The van der Waals surface area contributed by atoms with E-state index in [-0.39, 0.29) is 5.41 Å². The van der Waals surface area contributed by atoms with E-state index in [4.69, 9.17) is 0 Å². The van der Waals surface area contributed by atoms with Crippen molar-refractivity contribution in [2.75, 3.05) is 4.90 Å². The summed E-state index contributed by atoms with van der Waals surface area (Å²) in [7, 11) is 2.01. The topological polar surface area (TPSA) is 38.1 Å². The van der Waals surface area contributed by atoms with Crippen LogP contribution in [0.25, 0.3) is 0 Å². The molecule has 0 spiro atoms. The van der Waals surface area contributed by atoms with Crippen molar-refractivity contribution in [2.24, 2.45) is 53.9 Å². The van der Waals surface area contributed by atoms with Gasteiger partial charge in [0, 0.05) is 30.4 Å². The molecular weight excluding hydrogens is 310 g/mol. The summed E-state index contributed by atoms with van der Waals surface area (Å²) in [6, 6.07) is 8.49. The number of hydrogen-bond acceptors (Lipinski definition) is 2. The van der Waals surface area contributed by atoms with E-state index in [1.165, 1.54) is 16.8 Å². The summed E-state index contributed by atoms with van der Waals surface area (Å²) in [4.78, 5) is 15.9. The van der Waals surface area contributed by atoms with Crippen LogP contribution < -0.4 is 4.90 Å². The van der Waals surface area contributed by atoms with E-state index in [0.29, 0.717) is 12.5 Å². The van der Waals surface area contributed by atoms with Crippen LogP contribution in [0.15, 0.2) is 30.5 Å². The van der Waals surface area contributed by atoms with Gasteiger partial charge >= 0.3 is 0 Å². The molecule has 2 aromatic rings. The van der Waals surface area contributed by atoms with Crippen LogP contribution in [0.5, 0.6) is 0 Å². The number of hydrogen-bond donors (Lipinski definition) is 0. The quantitative estimate of drug-likeness (QED) is 0.805. The molecule has 1 aliphatic heterocycles. The highest BCUT2D eigenvalue weighted by Crippen LogP contribution is 3.06. The fourth-order valence-corrected chi connectivity index (χ4v) is 8.50. The fourth-order valence-electron chi connectivity index (χ4n) is 8.50.